The zero-order valence-electron chi connectivity index (χ0n) is 13.3. The van der Waals surface area contributed by atoms with Gasteiger partial charge in [-0.2, -0.15) is 5.10 Å². The highest BCUT2D eigenvalue weighted by Gasteiger charge is 2.14. The van der Waals surface area contributed by atoms with Crippen LogP contribution in [0.25, 0.3) is 5.69 Å². The number of ether oxygens (including phenoxy) is 1. The Bertz CT molecular complexity index is 893. The monoisotopic (exact) mass is 402 g/mol. The van der Waals surface area contributed by atoms with Gasteiger partial charge in [-0.25, -0.2) is 4.68 Å². The molecule has 2 aromatic carbocycles. The summed E-state index contributed by atoms with van der Waals surface area (Å²) in [6.45, 7) is 0.381. The first-order chi connectivity index (χ1) is 12.1. The summed E-state index contributed by atoms with van der Waals surface area (Å²) >= 11 is 3.24. The lowest BCUT2D eigenvalue weighted by atomic mass is 10.2. The number of nitro benzene ring substituents is 1. The first-order valence-electron chi connectivity index (χ1n) is 7.43. The van der Waals surface area contributed by atoms with Crippen LogP contribution >= 0.6 is 15.9 Å². The fourth-order valence-electron chi connectivity index (χ4n) is 2.33. The summed E-state index contributed by atoms with van der Waals surface area (Å²) in [4.78, 5) is 10.7. The van der Waals surface area contributed by atoms with E-state index in [1.54, 1.807) is 23.9 Å². The molecule has 0 saturated heterocycles. The van der Waals surface area contributed by atoms with Crippen LogP contribution in [0.1, 0.15) is 5.69 Å². The maximum absolute atomic E-state index is 11.1. The highest BCUT2D eigenvalue weighted by molar-refractivity contribution is 9.10. The van der Waals surface area contributed by atoms with E-state index in [2.05, 4.69) is 26.3 Å². The van der Waals surface area contributed by atoms with Gasteiger partial charge in [-0.05, 0) is 42.5 Å². The molecule has 7 nitrogen and oxygen atoms in total. The van der Waals surface area contributed by atoms with Gasteiger partial charge in [0.1, 0.15) is 11.4 Å². The minimum Gasteiger partial charge on any atom is -0.497 e. The number of hydrogen-bond donors (Lipinski definition) is 1. The molecule has 8 heteroatoms. The van der Waals surface area contributed by atoms with Crippen molar-refractivity contribution >= 4 is 27.3 Å². The summed E-state index contributed by atoms with van der Waals surface area (Å²) in [5, 5.41) is 18.7. The number of anilines is 1. The van der Waals surface area contributed by atoms with Crippen molar-refractivity contribution in [2.24, 2.45) is 0 Å². The molecule has 0 fully saturated rings. The summed E-state index contributed by atoms with van der Waals surface area (Å²) in [6, 6.07) is 14.3. The smallest absolute Gasteiger partial charge is 0.293 e. The molecule has 3 aromatic rings. The Hall–Kier alpha value is -2.87. The first kappa shape index (κ1) is 17.0. The quantitative estimate of drug-likeness (QED) is 0.494. The lowest BCUT2D eigenvalue weighted by Crippen LogP contribution is -2.04. The minimum absolute atomic E-state index is 0.0176. The van der Waals surface area contributed by atoms with Gasteiger partial charge in [0.2, 0.25) is 0 Å². The minimum atomic E-state index is -0.414. The zero-order chi connectivity index (χ0) is 17.8. The van der Waals surface area contributed by atoms with Crippen LogP contribution in [0.2, 0.25) is 0 Å². The van der Waals surface area contributed by atoms with Crippen LogP contribution in [-0.4, -0.2) is 21.8 Å². The number of aromatic nitrogens is 2. The van der Waals surface area contributed by atoms with Gasteiger partial charge in [-0.15, -0.1) is 0 Å². The van der Waals surface area contributed by atoms with E-state index in [-0.39, 0.29) is 5.69 Å². The SMILES string of the molecule is COc1ccc(-n2ccc(CNc3ccc(Br)cc3[N+](=O)[O-])n2)cc1. The second-order valence-electron chi connectivity index (χ2n) is 5.22. The van der Waals surface area contributed by atoms with Crippen LogP contribution in [0.3, 0.4) is 0 Å². The molecule has 0 aliphatic carbocycles. The van der Waals surface area contributed by atoms with Gasteiger partial charge in [0, 0.05) is 16.7 Å². The van der Waals surface area contributed by atoms with Crippen LogP contribution in [0, 0.1) is 10.1 Å². The van der Waals surface area contributed by atoms with Crippen LogP contribution in [0.15, 0.2) is 59.2 Å². The van der Waals surface area contributed by atoms with E-state index in [1.165, 1.54) is 6.07 Å². The van der Waals surface area contributed by atoms with Crippen LogP contribution in [-0.2, 0) is 6.54 Å². The molecule has 0 spiro atoms. The molecule has 128 valence electrons. The van der Waals surface area contributed by atoms with Crippen molar-refractivity contribution in [3.8, 4) is 11.4 Å². The summed E-state index contributed by atoms with van der Waals surface area (Å²) in [5.41, 5.74) is 2.14. The van der Waals surface area contributed by atoms with E-state index in [4.69, 9.17) is 4.74 Å². The second kappa shape index (κ2) is 7.35. The zero-order valence-corrected chi connectivity index (χ0v) is 14.9. The fourth-order valence-corrected chi connectivity index (χ4v) is 2.67. The molecule has 0 atom stereocenters. The molecule has 0 aliphatic heterocycles. The molecule has 1 heterocycles. The largest absolute Gasteiger partial charge is 0.497 e. The Labute approximate surface area is 152 Å². The van der Waals surface area contributed by atoms with Gasteiger partial charge in [-0.3, -0.25) is 10.1 Å². The summed E-state index contributed by atoms with van der Waals surface area (Å²) in [6.07, 6.45) is 1.84. The molecule has 3 rings (SSSR count). The van der Waals surface area contributed by atoms with Crippen molar-refractivity contribution in [1.29, 1.82) is 0 Å². The number of nitrogens with zero attached hydrogens (tertiary/aromatic N) is 3. The second-order valence-corrected chi connectivity index (χ2v) is 6.14. The van der Waals surface area contributed by atoms with Crippen LogP contribution < -0.4 is 10.1 Å². The van der Waals surface area contributed by atoms with Crippen molar-refractivity contribution in [2.45, 2.75) is 6.54 Å². The van der Waals surface area contributed by atoms with Crippen LogP contribution in [0.5, 0.6) is 5.75 Å². The number of methoxy groups -OCH3 is 1. The normalized spacial score (nSPS) is 10.5. The molecule has 1 aromatic heterocycles. The van der Waals surface area contributed by atoms with Gasteiger partial charge in [-0.1, -0.05) is 15.9 Å². The summed E-state index contributed by atoms with van der Waals surface area (Å²) < 4.78 is 7.54. The van der Waals surface area contributed by atoms with Gasteiger partial charge < -0.3 is 10.1 Å². The molecule has 0 bridgehead atoms. The van der Waals surface area contributed by atoms with Crippen molar-refractivity contribution in [2.75, 3.05) is 12.4 Å². The maximum atomic E-state index is 11.1. The molecule has 25 heavy (non-hydrogen) atoms. The van der Waals surface area contributed by atoms with E-state index in [1.807, 2.05) is 36.5 Å². The first-order valence-corrected chi connectivity index (χ1v) is 8.23. The van der Waals surface area contributed by atoms with Crippen molar-refractivity contribution in [3.63, 3.8) is 0 Å². The Morgan fingerprint density at radius 1 is 1.24 bits per heavy atom. The third-order valence-electron chi connectivity index (χ3n) is 3.60. The number of nitrogens with one attached hydrogen (secondary N) is 1. The average Bonchev–Trinajstić information content (AvgIpc) is 3.09. The van der Waals surface area contributed by atoms with E-state index >= 15 is 0 Å². The Kier molecular flexibility index (Phi) is 4.99. The molecule has 0 amide bonds. The number of benzene rings is 2. The van der Waals surface area contributed by atoms with Gasteiger partial charge in [0.25, 0.3) is 5.69 Å². The molecule has 0 aliphatic rings. The Morgan fingerprint density at radius 3 is 2.68 bits per heavy atom. The van der Waals surface area contributed by atoms with Gasteiger partial charge >= 0.3 is 0 Å². The lowest BCUT2D eigenvalue weighted by molar-refractivity contribution is -0.384. The highest BCUT2D eigenvalue weighted by atomic mass is 79.9. The fraction of sp³-hybridized carbons (Fsp3) is 0.118. The third-order valence-corrected chi connectivity index (χ3v) is 4.09. The number of rotatable bonds is 6. The highest BCUT2D eigenvalue weighted by Crippen LogP contribution is 2.28. The predicted octanol–water partition coefficient (Wildman–Crippen LogP) is 4.16. The topological polar surface area (TPSA) is 82.2 Å². The Morgan fingerprint density at radius 2 is 2.00 bits per heavy atom. The van der Waals surface area contributed by atoms with Gasteiger partial charge in [0.15, 0.2) is 0 Å². The molecular formula is C17H15BrN4O3. The number of hydrogen-bond acceptors (Lipinski definition) is 5. The standard InChI is InChI=1S/C17H15BrN4O3/c1-25-15-5-3-14(4-6-15)21-9-8-13(20-21)11-19-16-7-2-12(18)10-17(16)22(23)24/h2-10,19H,11H2,1H3. The van der Waals surface area contributed by atoms with E-state index in [9.17, 15) is 10.1 Å². The Balaban J connectivity index is 1.73. The van der Waals surface area contributed by atoms with E-state index in [0.29, 0.717) is 16.7 Å². The van der Waals surface area contributed by atoms with E-state index < -0.39 is 4.92 Å². The molecule has 0 unspecified atom stereocenters. The third kappa shape index (κ3) is 3.97. The van der Waals surface area contributed by atoms with Crippen LogP contribution in [0.4, 0.5) is 11.4 Å². The predicted molar refractivity (Wildman–Crippen MR) is 98.2 cm³/mol. The number of nitro groups is 1. The lowest BCUT2D eigenvalue weighted by Gasteiger charge is -2.06. The molecular weight excluding hydrogens is 388 g/mol. The van der Waals surface area contributed by atoms with Crippen molar-refractivity contribution in [3.05, 3.63) is 75.0 Å². The molecule has 1 N–H and O–H groups in total. The molecule has 0 radical (unpaired) electrons. The van der Waals surface area contributed by atoms with Crippen molar-refractivity contribution < 1.29 is 9.66 Å². The summed E-state index contributed by atoms with van der Waals surface area (Å²) in [5.74, 6) is 0.778. The summed E-state index contributed by atoms with van der Waals surface area (Å²) in [7, 11) is 1.62. The number of halogens is 1. The maximum Gasteiger partial charge on any atom is 0.293 e. The van der Waals surface area contributed by atoms with Gasteiger partial charge in [0.05, 0.1) is 30.0 Å². The van der Waals surface area contributed by atoms with E-state index in [0.717, 1.165) is 17.1 Å². The average molecular weight is 403 g/mol. The molecule has 0 saturated carbocycles. The van der Waals surface area contributed by atoms with Crippen molar-refractivity contribution in [1.82, 2.24) is 9.78 Å².